The highest BCUT2D eigenvalue weighted by atomic mass is 19.4. The van der Waals surface area contributed by atoms with Gasteiger partial charge < -0.3 is 20.9 Å². The van der Waals surface area contributed by atoms with Gasteiger partial charge >= 0.3 is 18.4 Å². The molecule has 1 aliphatic rings. The average molecular weight is 597 g/mol. The summed E-state index contributed by atoms with van der Waals surface area (Å²) in [7, 11) is 0. The molecule has 1 heterocycles. The smallest absolute Gasteiger partial charge is 0.361 e. The Labute approximate surface area is 238 Å². The second-order valence-electron chi connectivity index (χ2n) is 10.3. The number of anilines is 1. The molecular formula is C30H31F7N4O. The Bertz CT molecular complexity index is 1410. The summed E-state index contributed by atoms with van der Waals surface area (Å²) in [5.74, 6) is -1.33. The minimum Gasteiger partial charge on any atom is -0.361 e. The molecule has 1 aromatic heterocycles. The van der Waals surface area contributed by atoms with Crippen LogP contribution >= 0.6 is 0 Å². The van der Waals surface area contributed by atoms with Crippen LogP contribution in [0.4, 0.5) is 41.2 Å². The van der Waals surface area contributed by atoms with Gasteiger partial charge in [-0.15, -0.1) is 0 Å². The minimum atomic E-state index is -5.04. The van der Waals surface area contributed by atoms with Crippen LogP contribution < -0.4 is 16.0 Å². The Morgan fingerprint density at radius 2 is 1.69 bits per heavy atom. The maximum absolute atomic E-state index is 14.4. The SMILES string of the molecule is CC1C(F)=CC=CC1C(CCNCCc1c[nH]c2ccccc12)CNC(=O)Nc1cc(C(F)(F)F)cc(C(F)(F)F)c1. The Balaban J connectivity index is 1.37. The van der Waals surface area contributed by atoms with Gasteiger partial charge in [-0.3, -0.25) is 0 Å². The zero-order valence-electron chi connectivity index (χ0n) is 22.7. The molecule has 4 N–H and O–H groups in total. The molecule has 0 aliphatic heterocycles. The quantitative estimate of drug-likeness (QED) is 0.142. The van der Waals surface area contributed by atoms with Gasteiger partial charge in [0.15, 0.2) is 0 Å². The number of rotatable bonds is 10. The van der Waals surface area contributed by atoms with E-state index in [4.69, 9.17) is 0 Å². The third kappa shape index (κ3) is 7.93. The van der Waals surface area contributed by atoms with Crippen molar-refractivity contribution in [1.82, 2.24) is 15.6 Å². The van der Waals surface area contributed by atoms with Crippen LogP contribution in [-0.2, 0) is 18.8 Å². The van der Waals surface area contributed by atoms with E-state index in [0.29, 0.717) is 31.6 Å². The van der Waals surface area contributed by atoms with Gasteiger partial charge in [-0.1, -0.05) is 37.3 Å². The van der Waals surface area contributed by atoms with Gasteiger partial charge in [-0.05, 0) is 73.7 Å². The number of hydrogen-bond donors (Lipinski definition) is 4. The Kier molecular flexibility index (Phi) is 9.65. The third-order valence-corrected chi connectivity index (χ3v) is 7.45. The molecule has 226 valence electrons. The summed E-state index contributed by atoms with van der Waals surface area (Å²) in [5, 5.41) is 9.13. The fourth-order valence-electron chi connectivity index (χ4n) is 5.17. The molecule has 0 radical (unpaired) electrons. The summed E-state index contributed by atoms with van der Waals surface area (Å²) >= 11 is 0. The molecule has 0 fully saturated rings. The van der Waals surface area contributed by atoms with E-state index in [1.165, 1.54) is 6.08 Å². The Hall–Kier alpha value is -3.80. The van der Waals surface area contributed by atoms with E-state index in [0.717, 1.165) is 22.9 Å². The van der Waals surface area contributed by atoms with Crippen LogP contribution in [0, 0.1) is 17.8 Å². The van der Waals surface area contributed by atoms with Crippen molar-refractivity contribution in [1.29, 1.82) is 0 Å². The lowest BCUT2D eigenvalue weighted by molar-refractivity contribution is -0.143. The second kappa shape index (κ2) is 13.0. The van der Waals surface area contributed by atoms with Crippen LogP contribution in [0.2, 0.25) is 0 Å². The highest BCUT2D eigenvalue weighted by Gasteiger charge is 2.37. The number of benzene rings is 2. The summed E-state index contributed by atoms with van der Waals surface area (Å²) in [4.78, 5) is 15.8. The molecule has 0 saturated heterocycles. The van der Waals surface area contributed by atoms with Crippen LogP contribution in [0.5, 0.6) is 0 Å². The predicted octanol–water partition coefficient (Wildman–Crippen LogP) is 7.84. The highest BCUT2D eigenvalue weighted by Crippen LogP contribution is 2.38. The van der Waals surface area contributed by atoms with Crippen molar-refractivity contribution in [2.75, 3.05) is 25.0 Å². The van der Waals surface area contributed by atoms with Gasteiger partial charge in [0.25, 0.3) is 0 Å². The number of urea groups is 1. The molecule has 0 bridgehead atoms. The zero-order valence-corrected chi connectivity index (χ0v) is 22.7. The topological polar surface area (TPSA) is 69.0 Å². The van der Waals surface area contributed by atoms with Crippen molar-refractivity contribution in [3.8, 4) is 0 Å². The molecule has 1 aliphatic carbocycles. The maximum atomic E-state index is 14.4. The van der Waals surface area contributed by atoms with Crippen molar-refractivity contribution in [3.63, 3.8) is 0 Å². The van der Waals surface area contributed by atoms with Crippen molar-refractivity contribution in [2.24, 2.45) is 17.8 Å². The molecule has 3 unspecified atom stereocenters. The normalized spacial score (nSPS) is 18.1. The van der Waals surface area contributed by atoms with Gasteiger partial charge in [0.1, 0.15) is 5.83 Å². The number of aromatic amines is 1. The number of aromatic nitrogens is 1. The molecule has 2 aromatic carbocycles. The van der Waals surface area contributed by atoms with E-state index >= 15 is 0 Å². The van der Waals surface area contributed by atoms with Crippen LogP contribution in [0.1, 0.15) is 30.0 Å². The standard InChI is InChI=1S/C30H31F7N4O/c1-18-24(6-4-7-26(18)31)19(9-11-38-12-10-20-16-39-27-8-3-2-5-25(20)27)17-40-28(42)41-23-14-21(29(32,33)34)13-22(15-23)30(35,36)37/h2-8,13-16,18-19,24,38-39H,9-12,17H2,1H3,(H2,40,41,42). The lowest BCUT2D eigenvalue weighted by atomic mass is 9.77. The molecule has 3 atom stereocenters. The number of para-hydroxylation sites is 1. The van der Waals surface area contributed by atoms with Crippen molar-refractivity contribution < 1.29 is 35.5 Å². The van der Waals surface area contributed by atoms with Crippen molar-refractivity contribution in [2.45, 2.75) is 32.1 Å². The highest BCUT2D eigenvalue weighted by molar-refractivity contribution is 5.89. The van der Waals surface area contributed by atoms with Gasteiger partial charge in [-0.2, -0.15) is 26.3 Å². The molecule has 2 amide bonds. The molecule has 5 nitrogen and oxygen atoms in total. The molecule has 0 saturated carbocycles. The summed E-state index contributed by atoms with van der Waals surface area (Å²) in [6.45, 7) is 2.96. The molecule has 0 spiro atoms. The summed E-state index contributed by atoms with van der Waals surface area (Å²) in [5.41, 5.74) is -1.51. The fourth-order valence-corrected chi connectivity index (χ4v) is 5.17. The number of alkyl halides is 6. The van der Waals surface area contributed by atoms with Crippen molar-refractivity contribution in [3.05, 3.63) is 89.4 Å². The first-order chi connectivity index (χ1) is 19.8. The minimum absolute atomic E-state index is 0.0104. The largest absolute Gasteiger partial charge is 0.416 e. The van der Waals surface area contributed by atoms with Crippen LogP contribution in [0.25, 0.3) is 10.9 Å². The first kappa shape index (κ1) is 31.1. The summed E-state index contributed by atoms with van der Waals surface area (Å²) < 4.78 is 93.5. The van der Waals surface area contributed by atoms with E-state index in [-0.39, 0.29) is 30.3 Å². The molecule has 12 heteroatoms. The summed E-state index contributed by atoms with van der Waals surface area (Å²) in [6, 6.07) is 7.85. The van der Waals surface area contributed by atoms with Crippen LogP contribution in [-0.4, -0.2) is 30.6 Å². The second-order valence-corrected chi connectivity index (χ2v) is 10.3. The predicted molar refractivity (Wildman–Crippen MR) is 147 cm³/mol. The maximum Gasteiger partial charge on any atom is 0.416 e. The van der Waals surface area contributed by atoms with E-state index in [1.54, 1.807) is 13.0 Å². The molecule has 42 heavy (non-hydrogen) atoms. The van der Waals surface area contributed by atoms with Gasteiger partial charge in [0.05, 0.1) is 11.1 Å². The lowest BCUT2D eigenvalue weighted by Crippen LogP contribution is -2.38. The monoisotopic (exact) mass is 596 g/mol. The van der Waals surface area contributed by atoms with Gasteiger partial charge in [0.2, 0.25) is 0 Å². The number of halogens is 7. The number of amides is 2. The zero-order chi connectivity index (χ0) is 30.5. The number of carbonyl (C=O) groups excluding carboxylic acids is 1. The first-order valence-electron chi connectivity index (χ1n) is 13.5. The number of nitrogens with one attached hydrogen (secondary N) is 4. The Morgan fingerprint density at radius 3 is 2.38 bits per heavy atom. The van der Waals surface area contributed by atoms with Gasteiger partial charge in [-0.25, -0.2) is 9.18 Å². The average Bonchev–Trinajstić information content (AvgIpc) is 3.34. The summed E-state index contributed by atoms with van der Waals surface area (Å²) in [6.07, 6.45) is -2.02. The lowest BCUT2D eigenvalue weighted by Gasteiger charge is -2.31. The molecule has 3 aromatic rings. The van der Waals surface area contributed by atoms with Gasteiger partial charge in [0, 0.05) is 35.2 Å². The Morgan fingerprint density at radius 1 is 1.00 bits per heavy atom. The fraction of sp³-hybridized carbons (Fsp3) is 0.367. The molecular weight excluding hydrogens is 565 g/mol. The number of allylic oxidation sites excluding steroid dienone is 4. The van der Waals surface area contributed by atoms with E-state index < -0.39 is 41.1 Å². The van der Waals surface area contributed by atoms with E-state index in [1.807, 2.05) is 36.5 Å². The number of fused-ring (bicyclic) bond motifs is 1. The van der Waals surface area contributed by atoms with E-state index in [9.17, 15) is 35.5 Å². The van der Waals surface area contributed by atoms with Crippen LogP contribution in [0.3, 0.4) is 0 Å². The third-order valence-electron chi connectivity index (χ3n) is 7.45. The first-order valence-corrected chi connectivity index (χ1v) is 13.5. The van der Waals surface area contributed by atoms with Crippen molar-refractivity contribution >= 4 is 22.6 Å². The van der Waals surface area contributed by atoms with Crippen LogP contribution in [0.15, 0.2) is 72.7 Å². The number of hydrogen-bond acceptors (Lipinski definition) is 2. The number of carbonyl (C=O) groups is 1. The van der Waals surface area contributed by atoms with E-state index in [2.05, 4.69) is 20.9 Å². The number of H-pyrrole nitrogens is 1. The molecule has 4 rings (SSSR count).